The Balaban J connectivity index is 1.56. The van der Waals surface area contributed by atoms with Gasteiger partial charge in [0.1, 0.15) is 0 Å². The van der Waals surface area contributed by atoms with Gasteiger partial charge in [-0.3, -0.25) is 4.79 Å². The largest absolute Gasteiger partial charge is 0.331 e. The highest BCUT2D eigenvalue weighted by Gasteiger charge is 2.31. The zero-order chi connectivity index (χ0) is 19.0. The fourth-order valence-electron chi connectivity index (χ4n) is 4.09. The van der Waals surface area contributed by atoms with Gasteiger partial charge in [-0.2, -0.15) is 4.31 Å². The van der Waals surface area contributed by atoms with Crippen molar-refractivity contribution in [1.29, 1.82) is 0 Å². The highest BCUT2D eigenvalue weighted by atomic mass is 32.2. The molecule has 7 heteroatoms. The Morgan fingerprint density at radius 3 is 2.48 bits per heavy atom. The van der Waals surface area contributed by atoms with Crippen molar-refractivity contribution in [3.8, 4) is 0 Å². The maximum Gasteiger partial charge on any atom is 0.254 e. The van der Waals surface area contributed by atoms with E-state index in [9.17, 15) is 13.2 Å². The number of carbonyl (C=O) groups excluding carboxylic acids is 1. The Bertz CT molecular complexity index is 928. The number of benzene rings is 1. The van der Waals surface area contributed by atoms with E-state index < -0.39 is 10.0 Å². The standard InChI is InChI=1S/C20H24N2O3S2/c1-2-18-17-10-14-26-19(17)9-13-22(18)20(23)15-5-7-16(8-6-15)27(24,25)21-11-3-4-12-21/h5-8,10,14,18H,2-4,9,11-13H2,1H3. The molecule has 27 heavy (non-hydrogen) atoms. The second kappa shape index (κ2) is 7.37. The molecule has 0 bridgehead atoms. The summed E-state index contributed by atoms with van der Waals surface area (Å²) >= 11 is 1.76. The fraction of sp³-hybridized carbons (Fsp3) is 0.450. The summed E-state index contributed by atoms with van der Waals surface area (Å²) < 4.78 is 26.8. The van der Waals surface area contributed by atoms with Crippen LogP contribution < -0.4 is 0 Å². The van der Waals surface area contributed by atoms with Gasteiger partial charge in [-0.25, -0.2) is 8.42 Å². The highest BCUT2D eigenvalue weighted by Crippen LogP contribution is 2.36. The predicted octanol–water partition coefficient (Wildman–Crippen LogP) is 3.68. The number of nitrogens with zero attached hydrogens (tertiary/aromatic N) is 2. The Morgan fingerprint density at radius 1 is 1.11 bits per heavy atom. The lowest BCUT2D eigenvalue weighted by Gasteiger charge is -2.35. The summed E-state index contributed by atoms with van der Waals surface area (Å²) in [6.45, 7) is 3.97. The Morgan fingerprint density at radius 2 is 1.81 bits per heavy atom. The molecular formula is C20H24N2O3S2. The lowest BCUT2D eigenvalue weighted by Crippen LogP contribution is -2.39. The molecule has 1 saturated heterocycles. The van der Waals surface area contributed by atoms with Crippen LogP contribution in [0.4, 0.5) is 0 Å². The SMILES string of the molecule is CCC1c2ccsc2CCN1C(=O)c1ccc(S(=O)(=O)N2CCCC2)cc1. The predicted molar refractivity (Wildman–Crippen MR) is 107 cm³/mol. The molecule has 0 N–H and O–H groups in total. The fourth-order valence-corrected chi connectivity index (χ4v) is 6.54. The van der Waals surface area contributed by atoms with Gasteiger partial charge in [-0.15, -0.1) is 11.3 Å². The third kappa shape index (κ3) is 3.32. The van der Waals surface area contributed by atoms with Crippen molar-refractivity contribution < 1.29 is 13.2 Å². The van der Waals surface area contributed by atoms with Crippen LogP contribution in [0.15, 0.2) is 40.6 Å². The van der Waals surface area contributed by atoms with Crippen LogP contribution in [0.25, 0.3) is 0 Å². The average Bonchev–Trinajstić information content (AvgIpc) is 3.38. The van der Waals surface area contributed by atoms with E-state index in [1.165, 1.54) is 14.7 Å². The third-order valence-electron chi connectivity index (χ3n) is 5.55. The number of amides is 1. The van der Waals surface area contributed by atoms with Crippen LogP contribution in [-0.4, -0.2) is 43.2 Å². The molecule has 0 spiro atoms. The minimum absolute atomic E-state index is 0.0242. The number of rotatable bonds is 4. The first-order chi connectivity index (χ1) is 13.0. The summed E-state index contributed by atoms with van der Waals surface area (Å²) in [5, 5.41) is 2.10. The van der Waals surface area contributed by atoms with Crippen LogP contribution >= 0.6 is 11.3 Å². The van der Waals surface area contributed by atoms with Gasteiger partial charge in [0, 0.05) is 30.1 Å². The lowest BCUT2D eigenvalue weighted by molar-refractivity contribution is 0.0657. The van der Waals surface area contributed by atoms with Crippen LogP contribution in [-0.2, 0) is 16.4 Å². The Kier molecular flexibility index (Phi) is 5.09. The summed E-state index contributed by atoms with van der Waals surface area (Å²) in [4.78, 5) is 16.7. The maximum absolute atomic E-state index is 13.1. The van der Waals surface area contributed by atoms with Gasteiger partial charge >= 0.3 is 0 Å². The molecule has 2 aromatic rings. The van der Waals surface area contributed by atoms with E-state index in [4.69, 9.17) is 0 Å². The van der Waals surface area contributed by atoms with E-state index in [2.05, 4.69) is 18.4 Å². The van der Waals surface area contributed by atoms with E-state index in [-0.39, 0.29) is 16.8 Å². The molecule has 1 aromatic carbocycles. The van der Waals surface area contributed by atoms with E-state index in [0.717, 1.165) is 25.7 Å². The van der Waals surface area contributed by atoms with Crippen LogP contribution in [0.1, 0.15) is 53.0 Å². The second-order valence-electron chi connectivity index (χ2n) is 7.11. The number of thiophene rings is 1. The van der Waals surface area contributed by atoms with E-state index in [0.29, 0.717) is 25.2 Å². The molecule has 0 radical (unpaired) electrons. The van der Waals surface area contributed by atoms with Crippen molar-refractivity contribution in [2.75, 3.05) is 19.6 Å². The van der Waals surface area contributed by atoms with Crippen molar-refractivity contribution in [2.24, 2.45) is 0 Å². The van der Waals surface area contributed by atoms with Gasteiger partial charge in [-0.1, -0.05) is 6.92 Å². The van der Waals surface area contributed by atoms with Crippen molar-refractivity contribution in [1.82, 2.24) is 9.21 Å². The molecule has 144 valence electrons. The average molecular weight is 405 g/mol. The molecule has 1 amide bonds. The van der Waals surface area contributed by atoms with Gasteiger partial charge in [-0.05, 0) is 67.0 Å². The molecule has 2 aliphatic rings. The number of hydrogen-bond acceptors (Lipinski definition) is 4. The lowest BCUT2D eigenvalue weighted by atomic mass is 9.97. The summed E-state index contributed by atoms with van der Waals surface area (Å²) in [5.74, 6) is -0.0242. The monoisotopic (exact) mass is 404 g/mol. The second-order valence-corrected chi connectivity index (χ2v) is 10.0. The molecule has 4 rings (SSSR count). The Hall–Kier alpha value is -1.70. The molecule has 1 unspecified atom stereocenters. The molecule has 1 aromatic heterocycles. The number of carbonyl (C=O) groups is 1. The van der Waals surface area contributed by atoms with Crippen molar-refractivity contribution in [3.05, 3.63) is 51.7 Å². The highest BCUT2D eigenvalue weighted by molar-refractivity contribution is 7.89. The van der Waals surface area contributed by atoms with Gasteiger partial charge in [0.25, 0.3) is 5.91 Å². The topological polar surface area (TPSA) is 57.7 Å². The van der Waals surface area contributed by atoms with Gasteiger partial charge in [0.05, 0.1) is 10.9 Å². The van der Waals surface area contributed by atoms with Crippen molar-refractivity contribution in [3.63, 3.8) is 0 Å². The molecular weight excluding hydrogens is 380 g/mol. The van der Waals surface area contributed by atoms with Gasteiger partial charge < -0.3 is 4.90 Å². The minimum atomic E-state index is -3.44. The zero-order valence-corrected chi connectivity index (χ0v) is 17.1. The van der Waals surface area contributed by atoms with E-state index in [1.807, 2.05) is 4.90 Å². The Labute approximate surface area is 164 Å². The van der Waals surface area contributed by atoms with E-state index in [1.54, 1.807) is 35.6 Å². The van der Waals surface area contributed by atoms with Crippen LogP contribution in [0.3, 0.4) is 0 Å². The molecule has 5 nitrogen and oxygen atoms in total. The normalized spacial score (nSPS) is 20.6. The van der Waals surface area contributed by atoms with Crippen LogP contribution in [0, 0.1) is 0 Å². The molecule has 3 heterocycles. The number of hydrogen-bond donors (Lipinski definition) is 0. The summed E-state index contributed by atoms with van der Waals surface area (Å²) in [7, 11) is -3.44. The minimum Gasteiger partial charge on any atom is -0.331 e. The summed E-state index contributed by atoms with van der Waals surface area (Å²) in [5.41, 5.74) is 1.81. The van der Waals surface area contributed by atoms with Crippen LogP contribution in [0.5, 0.6) is 0 Å². The van der Waals surface area contributed by atoms with Gasteiger partial charge in [0.15, 0.2) is 0 Å². The first kappa shape index (κ1) is 18.7. The summed E-state index contributed by atoms with van der Waals surface area (Å²) in [6.07, 6.45) is 3.58. The molecule has 2 aliphatic heterocycles. The van der Waals surface area contributed by atoms with Crippen molar-refractivity contribution >= 4 is 27.3 Å². The smallest absolute Gasteiger partial charge is 0.254 e. The quantitative estimate of drug-likeness (QED) is 0.781. The zero-order valence-electron chi connectivity index (χ0n) is 15.4. The first-order valence-corrected chi connectivity index (χ1v) is 11.8. The molecule has 0 aliphatic carbocycles. The van der Waals surface area contributed by atoms with E-state index >= 15 is 0 Å². The third-order valence-corrected chi connectivity index (χ3v) is 8.46. The molecule has 1 atom stereocenters. The number of fused-ring (bicyclic) bond motifs is 1. The molecule has 0 saturated carbocycles. The van der Waals surface area contributed by atoms with Gasteiger partial charge in [0.2, 0.25) is 10.0 Å². The first-order valence-electron chi connectivity index (χ1n) is 9.50. The van der Waals surface area contributed by atoms with Crippen molar-refractivity contribution in [2.45, 2.75) is 43.5 Å². The number of sulfonamides is 1. The van der Waals surface area contributed by atoms with Crippen LogP contribution in [0.2, 0.25) is 0 Å². The summed E-state index contributed by atoms with van der Waals surface area (Å²) in [6, 6.07) is 8.67. The molecule has 1 fully saturated rings. The maximum atomic E-state index is 13.1.